The van der Waals surface area contributed by atoms with Crippen LogP contribution in [0.4, 0.5) is 0 Å². The van der Waals surface area contributed by atoms with Crippen molar-refractivity contribution in [3.8, 4) is 0 Å². The van der Waals surface area contributed by atoms with Crippen molar-refractivity contribution in [2.75, 3.05) is 26.3 Å². The van der Waals surface area contributed by atoms with Crippen molar-refractivity contribution in [2.24, 2.45) is 12.0 Å². The normalized spacial score (nSPS) is 11.4. The first-order chi connectivity index (χ1) is 13.2. The third kappa shape index (κ3) is 12.5. The van der Waals surface area contributed by atoms with Crippen LogP contribution >= 0.6 is 24.0 Å². The first-order valence-corrected chi connectivity index (χ1v) is 10.6. The number of nitrogens with zero attached hydrogens (tertiary/aromatic N) is 4. The molecule has 0 spiro atoms. The monoisotopic (exact) mass is 508 g/mol. The predicted molar refractivity (Wildman–Crippen MR) is 127 cm³/mol. The molecule has 1 rings (SSSR count). The smallest absolute Gasteiger partial charge is 0.191 e. The van der Waals surface area contributed by atoms with Gasteiger partial charge in [0.05, 0.1) is 0 Å². The van der Waals surface area contributed by atoms with Gasteiger partial charge in [-0.25, -0.2) is 4.99 Å². The van der Waals surface area contributed by atoms with E-state index in [4.69, 9.17) is 4.74 Å². The Morgan fingerprint density at radius 2 is 1.61 bits per heavy atom. The molecule has 164 valence electrons. The SMILES string of the molecule is CCCCCCCCCNC(=NCc1nnc(C)n1C)NCCCOCC.I. The van der Waals surface area contributed by atoms with Gasteiger partial charge in [-0.1, -0.05) is 45.4 Å². The highest BCUT2D eigenvalue weighted by Crippen LogP contribution is 2.06. The summed E-state index contributed by atoms with van der Waals surface area (Å²) >= 11 is 0. The minimum absolute atomic E-state index is 0. The van der Waals surface area contributed by atoms with E-state index in [1.54, 1.807) is 0 Å². The summed E-state index contributed by atoms with van der Waals surface area (Å²) in [6.45, 7) is 10.1. The Labute approximate surface area is 188 Å². The van der Waals surface area contributed by atoms with E-state index < -0.39 is 0 Å². The average molecular weight is 508 g/mol. The summed E-state index contributed by atoms with van der Waals surface area (Å²) in [6.07, 6.45) is 10.1. The number of nitrogens with one attached hydrogen (secondary N) is 2. The summed E-state index contributed by atoms with van der Waals surface area (Å²) < 4.78 is 7.37. The highest BCUT2D eigenvalue weighted by molar-refractivity contribution is 14.0. The van der Waals surface area contributed by atoms with E-state index in [1.807, 2.05) is 25.5 Å². The Bertz CT molecular complexity index is 521. The number of guanidine groups is 1. The molecule has 0 aliphatic rings. The molecule has 0 aromatic carbocycles. The topological polar surface area (TPSA) is 76.4 Å². The molecule has 8 heteroatoms. The summed E-state index contributed by atoms with van der Waals surface area (Å²) in [5.41, 5.74) is 0. The molecular formula is C20H41IN6O. The van der Waals surface area contributed by atoms with Crippen molar-refractivity contribution in [1.29, 1.82) is 0 Å². The number of aryl methyl sites for hydroxylation is 1. The second-order valence-corrected chi connectivity index (χ2v) is 6.91. The number of hydrogen-bond acceptors (Lipinski definition) is 4. The van der Waals surface area contributed by atoms with Crippen molar-refractivity contribution in [2.45, 2.75) is 78.7 Å². The molecule has 7 nitrogen and oxygen atoms in total. The van der Waals surface area contributed by atoms with Gasteiger partial charge in [0.2, 0.25) is 0 Å². The van der Waals surface area contributed by atoms with Gasteiger partial charge in [-0.2, -0.15) is 0 Å². The Hall–Kier alpha value is -0.900. The second-order valence-electron chi connectivity index (χ2n) is 6.91. The van der Waals surface area contributed by atoms with Crippen molar-refractivity contribution in [3.63, 3.8) is 0 Å². The van der Waals surface area contributed by atoms with Crippen LogP contribution in [0.5, 0.6) is 0 Å². The summed E-state index contributed by atoms with van der Waals surface area (Å²) in [4.78, 5) is 4.67. The van der Waals surface area contributed by atoms with Crippen LogP contribution in [0.3, 0.4) is 0 Å². The van der Waals surface area contributed by atoms with Gasteiger partial charge >= 0.3 is 0 Å². The summed E-state index contributed by atoms with van der Waals surface area (Å²) in [7, 11) is 1.97. The molecular weight excluding hydrogens is 467 g/mol. The molecule has 2 N–H and O–H groups in total. The van der Waals surface area contributed by atoms with Gasteiger partial charge in [-0.05, 0) is 26.7 Å². The highest BCUT2D eigenvalue weighted by atomic mass is 127. The molecule has 0 unspecified atom stereocenters. The van der Waals surface area contributed by atoms with Gasteiger partial charge in [0.25, 0.3) is 0 Å². The lowest BCUT2D eigenvalue weighted by molar-refractivity contribution is 0.145. The fourth-order valence-corrected chi connectivity index (χ4v) is 2.73. The van der Waals surface area contributed by atoms with Gasteiger partial charge in [0.1, 0.15) is 12.4 Å². The van der Waals surface area contributed by atoms with Crippen molar-refractivity contribution >= 4 is 29.9 Å². The zero-order chi connectivity index (χ0) is 19.7. The van der Waals surface area contributed by atoms with Crippen molar-refractivity contribution in [1.82, 2.24) is 25.4 Å². The fraction of sp³-hybridized carbons (Fsp3) is 0.850. The van der Waals surface area contributed by atoms with Crippen LogP contribution in [-0.2, 0) is 18.3 Å². The molecule has 0 atom stereocenters. The molecule has 28 heavy (non-hydrogen) atoms. The number of rotatable bonds is 15. The minimum Gasteiger partial charge on any atom is -0.382 e. The third-order valence-electron chi connectivity index (χ3n) is 4.60. The van der Waals surface area contributed by atoms with Crippen LogP contribution in [0.2, 0.25) is 0 Å². The molecule has 0 saturated carbocycles. The van der Waals surface area contributed by atoms with Gasteiger partial charge in [0, 0.05) is 33.4 Å². The zero-order valence-electron chi connectivity index (χ0n) is 18.3. The van der Waals surface area contributed by atoms with E-state index in [1.165, 1.54) is 44.9 Å². The quantitative estimate of drug-likeness (QED) is 0.162. The van der Waals surface area contributed by atoms with Crippen LogP contribution in [-0.4, -0.2) is 47.0 Å². The van der Waals surface area contributed by atoms with Crippen LogP contribution in [0.15, 0.2) is 4.99 Å². The maximum absolute atomic E-state index is 5.39. The van der Waals surface area contributed by atoms with Crippen LogP contribution in [0.1, 0.15) is 76.9 Å². The van der Waals surface area contributed by atoms with E-state index >= 15 is 0 Å². The van der Waals surface area contributed by atoms with Crippen LogP contribution in [0.25, 0.3) is 0 Å². The molecule has 0 aliphatic heterocycles. The predicted octanol–water partition coefficient (Wildman–Crippen LogP) is 3.95. The molecule has 1 aromatic rings. The maximum Gasteiger partial charge on any atom is 0.191 e. The Morgan fingerprint density at radius 1 is 0.964 bits per heavy atom. The van der Waals surface area contributed by atoms with Crippen molar-refractivity contribution in [3.05, 3.63) is 11.6 Å². The Morgan fingerprint density at radius 3 is 2.21 bits per heavy atom. The number of aliphatic imine (C=N–C) groups is 1. The number of ether oxygens (including phenoxy) is 1. The summed E-state index contributed by atoms with van der Waals surface area (Å²) in [6, 6.07) is 0. The lowest BCUT2D eigenvalue weighted by Gasteiger charge is -2.13. The minimum atomic E-state index is 0. The first-order valence-electron chi connectivity index (χ1n) is 10.6. The highest BCUT2D eigenvalue weighted by Gasteiger charge is 2.05. The lowest BCUT2D eigenvalue weighted by atomic mass is 10.1. The molecule has 1 heterocycles. The number of unbranched alkanes of at least 4 members (excludes halogenated alkanes) is 6. The zero-order valence-corrected chi connectivity index (χ0v) is 20.6. The van der Waals surface area contributed by atoms with Gasteiger partial charge < -0.3 is 19.9 Å². The van der Waals surface area contributed by atoms with Crippen LogP contribution < -0.4 is 10.6 Å². The van der Waals surface area contributed by atoms with Gasteiger partial charge in [-0.3, -0.25) is 0 Å². The van der Waals surface area contributed by atoms with Crippen LogP contribution in [0, 0.1) is 6.92 Å². The maximum atomic E-state index is 5.39. The molecule has 0 amide bonds. The van der Waals surface area contributed by atoms with Crippen molar-refractivity contribution < 1.29 is 4.74 Å². The van der Waals surface area contributed by atoms with E-state index in [0.29, 0.717) is 6.54 Å². The van der Waals surface area contributed by atoms with E-state index in [-0.39, 0.29) is 24.0 Å². The van der Waals surface area contributed by atoms with Gasteiger partial charge in [-0.15, -0.1) is 34.2 Å². The average Bonchev–Trinajstić information content (AvgIpc) is 2.99. The number of aromatic nitrogens is 3. The first kappa shape index (κ1) is 27.1. The standard InChI is InChI=1S/C20H40N6O.HI/c1-5-7-8-9-10-11-12-14-21-20(22-15-13-16-27-6-2)23-17-19-25-24-18(3)26(19)4;/h5-17H2,1-4H3,(H2,21,22,23);1H. The number of hydrogen-bond donors (Lipinski definition) is 2. The summed E-state index contributed by atoms with van der Waals surface area (Å²) in [5, 5.41) is 15.1. The molecule has 0 bridgehead atoms. The third-order valence-corrected chi connectivity index (χ3v) is 4.60. The fourth-order valence-electron chi connectivity index (χ4n) is 2.73. The number of halogens is 1. The Kier molecular flexibility index (Phi) is 17.6. The van der Waals surface area contributed by atoms with Gasteiger partial charge in [0.15, 0.2) is 11.8 Å². The molecule has 1 aromatic heterocycles. The summed E-state index contributed by atoms with van der Waals surface area (Å²) in [5.74, 6) is 2.62. The molecule has 0 radical (unpaired) electrons. The van der Waals surface area contributed by atoms with E-state index in [2.05, 4.69) is 32.7 Å². The van der Waals surface area contributed by atoms with E-state index in [9.17, 15) is 0 Å². The molecule has 0 fully saturated rings. The molecule has 0 saturated heterocycles. The Balaban J connectivity index is 0.00000729. The molecule has 0 aliphatic carbocycles. The lowest BCUT2D eigenvalue weighted by Crippen LogP contribution is -2.38. The van der Waals surface area contributed by atoms with E-state index in [0.717, 1.165) is 50.3 Å². The second kappa shape index (κ2) is 18.1. The largest absolute Gasteiger partial charge is 0.382 e.